The van der Waals surface area contributed by atoms with Gasteiger partial charge in [-0.2, -0.15) is 0 Å². The molecule has 0 bridgehead atoms. The van der Waals surface area contributed by atoms with Crippen LogP contribution in [0.25, 0.3) is 0 Å². The van der Waals surface area contributed by atoms with Crippen molar-refractivity contribution in [1.82, 2.24) is 0 Å². The summed E-state index contributed by atoms with van der Waals surface area (Å²) in [7, 11) is 0. The number of ether oxygens (including phenoxy) is 2. The van der Waals surface area contributed by atoms with Crippen LogP contribution in [0.3, 0.4) is 0 Å². The first-order valence-corrected chi connectivity index (χ1v) is 5.27. The van der Waals surface area contributed by atoms with Crippen molar-refractivity contribution >= 4 is 0 Å². The first kappa shape index (κ1) is 11.3. The second kappa shape index (κ2) is 5.86. The summed E-state index contributed by atoms with van der Waals surface area (Å²) in [6, 6.07) is 0. The molecule has 0 aliphatic carbocycles. The van der Waals surface area contributed by atoms with Crippen molar-refractivity contribution in [3.8, 4) is 0 Å². The van der Waals surface area contributed by atoms with Crippen LogP contribution in [-0.4, -0.2) is 12.9 Å². The van der Waals surface area contributed by atoms with Gasteiger partial charge in [-0.1, -0.05) is 11.6 Å². The molecule has 1 heterocycles. The molecule has 1 unspecified atom stereocenters. The molecule has 0 amide bonds. The molecule has 1 aliphatic heterocycles. The van der Waals surface area contributed by atoms with Gasteiger partial charge in [0.25, 0.3) is 0 Å². The molecule has 1 saturated heterocycles. The van der Waals surface area contributed by atoms with Crippen LogP contribution in [-0.2, 0) is 9.47 Å². The van der Waals surface area contributed by atoms with Gasteiger partial charge in [0, 0.05) is 6.42 Å². The van der Waals surface area contributed by atoms with Crippen LogP contribution in [0, 0.1) is 0 Å². The standard InChI is InChI=1S/C12H20O2/c1-10(2)8-11(3)9-14-12-6-4-5-7-13-12/h8-9,12H,4-7H2,1-3H3/b11-9+. The zero-order valence-corrected chi connectivity index (χ0v) is 9.38. The van der Waals surface area contributed by atoms with Gasteiger partial charge in [-0.3, -0.25) is 0 Å². The molecule has 1 aliphatic rings. The molecule has 0 spiro atoms. The summed E-state index contributed by atoms with van der Waals surface area (Å²) in [6.45, 7) is 7.03. The second-order valence-electron chi connectivity index (χ2n) is 4.02. The molecule has 80 valence electrons. The minimum absolute atomic E-state index is 0.0238. The van der Waals surface area contributed by atoms with Crippen LogP contribution in [0.5, 0.6) is 0 Å². The van der Waals surface area contributed by atoms with E-state index in [4.69, 9.17) is 9.47 Å². The van der Waals surface area contributed by atoms with Crippen molar-refractivity contribution in [1.29, 1.82) is 0 Å². The Kier molecular flexibility index (Phi) is 4.74. The maximum absolute atomic E-state index is 5.52. The minimum atomic E-state index is -0.0238. The average molecular weight is 196 g/mol. The fourth-order valence-corrected chi connectivity index (χ4v) is 1.49. The Morgan fingerprint density at radius 1 is 1.29 bits per heavy atom. The summed E-state index contributed by atoms with van der Waals surface area (Å²) in [6.07, 6.45) is 7.26. The molecule has 2 nitrogen and oxygen atoms in total. The van der Waals surface area contributed by atoms with E-state index >= 15 is 0 Å². The predicted octanol–water partition coefficient (Wildman–Crippen LogP) is 3.40. The van der Waals surface area contributed by atoms with Gasteiger partial charge in [0.2, 0.25) is 0 Å². The first-order chi connectivity index (χ1) is 6.68. The van der Waals surface area contributed by atoms with E-state index in [1.807, 2.05) is 6.92 Å². The molecule has 0 saturated carbocycles. The molecule has 0 aromatic rings. The predicted molar refractivity (Wildman–Crippen MR) is 57.9 cm³/mol. The van der Waals surface area contributed by atoms with Gasteiger partial charge >= 0.3 is 0 Å². The number of hydrogen-bond donors (Lipinski definition) is 0. The smallest absolute Gasteiger partial charge is 0.198 e. The van der Waals surface area contributed by atoms with E-state index in [1.165, 1.54) is 12.0 Å². The highest BCUT2D eigenvalue weighted by atomic mass is 16.7. The summed E-state index contributed by atoms with van der Waals surface area (Å²) in [4.78, 5) is 0. The van der Waals surface area contributed by atoms with E-state index in [2.05, 4.69) is 19.9 Å². The minimum Gasteiger partial charge on any atom is -0.472 e. The maximum atomic E-state index is 5.52. The molecule has 1 fully saturated rings. The number of hydrogen-bond acceptors (Lipinski definition) is 2. The van der Waals surface area contributed by atoms with Crippen LogP contribution >= 0.6 is 0 Å². The molecule has 0 aromatic heterocycles. The fourth-order valence-electron chi connectivity index (χ4n) is 1.49. The largest absolute Gasteiger partial charge is 0.472 e. The van der Waals surface area contributed by atoms with Gasteiger partial charge in [0.1, 0.15) is 0 Å². The lowest BCUT2D eigenvalue weighted by Gasteiger charge is -2.21. The molecule has 0 radical (unpaired) electrons. The van der Waals surface area contributed by atoms with Crippen molar-refractivity contribution in [3.63, 3.8) is 0 Å². The van der Waals surface area contributed by atoms with Gasteiger partial charge in [-0.05, 0) is 39.2 Å². The molecule has 2 heteroatoms. The topological polar surface area (TPSA) is 18.5 Å². The lowest BCUT2D eigenvalue weighted by atomic mass is 10.2. The Morgan fingerprint density at radius 2 is 2.07 bits per heavy atom. The number of rotatable bonds is 3. The Hall–Kier alpha value is -0.760. The lowest BCUT2D eigenvalue weighted by Crippen LogP contribution is -2.20. The van der Waals surface area contributed by atoms with Crippen molar-refractivity contribution in [2.24, 2.45) is 0 Å². The normalized spacial score (nSPS) is 23.1. The van der Waals surface area contributed by atoms with E-state index in [0.29, 0.717) is 0 Å². The third-order valence-corrected chi connectivity index (χ3v) is 2.06. The quantitative estimate of drug-likeness (QED) is 0.509. The SMILES string of the molecule is CC(C)=C/C(C)=C/OC1CCCCO1. The van der Waals surface area contributed by atoms with E-state index < -0.39 is 0 Å². The van der Waals surface area contributed by atoms with Crippen molar-refractivity contribution < 1.29 is 9.47 Å². The molecule has 14 heavy (non-hydrogen) atoms. The van der Waals surface area contributed by atoms with E-state index in [1.54, 1.807) is 6.26 Å². The van der Waals surface area contributed by atoms with Crippen molar-refractivity contribution in [2.75, 3.05) is 6.61 Å². The Balaban J connectivity index is 2.33. The van der Waals surface area contributed by atoms with E-state index in [0.717, 1.165) is 25.0 Å². The van der Waals surface area contributed by atoms with Crippen molar-refractivity contribution in [2.45, 2.75) is 46.3 Å². The summed E-state index contributed by atoms with van der Waals surface area (Å²) < 4.78 is 11.0. The monoisotopic (exact) mass is 196 g/mol. The third kappa shape index (κ3) is 4.47. The van der Waals surface area contributed by atoms with Crippen LogP contribution < -0.4 is 0 Å². The Labute approximate surface area is 86.6 Å². The van der Waals surface area contributed by atoms with Crippen LogP contribution in [0.15, 0.2) is 23.5 Å². The van der Waals surface area contributed by atoms with Crippen molar-refractivity contribution in [3.05, 3.63) is 23.5 Å². The fraction of sp³-hybridized carbons (Fsp3) is 0.667. The highest BCUT2D eigenvalue weighted by molar-refractivity contribution is 5.17. The molecule has 0 N–H and O–H groups in total. The van der Waals surface area contributed by atoms with Gasteiger partial charge < -0.3 is 9.47 Å². The molecular weight excluding hydrogens is 176 g/mol. The molecule has 1 atom stereocenters. The van der Waals surface area contributed by atoms with Crippen LogP contribution in [0.1, 0.15) is 40.0 Å². The second-order valence-corrected chi connectivity index (χ2v) is 4.02. The molecular formula is C12H20O2. The molecule has 1 rings (SSSR count). The maximum Gasteiger partial charge on any atom is 0.198 e. The van der Waals surface area contributed by atoms with E-state index in [9.17, 15) is 0 Å². The van der Waals surface area contributed by atoms with Crippen LogP contribution in [0.4, 0.5) is 0 Å². The van der Waals surface area contributed by atoms with E-state index in [-0.39, 0.29) is 6.29 Å². The summed E-state index contributed by atoms with van der Waals surface area (Å²) >= 11 is 0. The summed E-state index contributed by atoms with van der Waals surface area (Å²) in [5.74, 6) is 0. The zero-order chi connectivity index (χ0) is 10.4. The van der Waals surface area contributed by atoms with Gasteiger partial charge in [0.05, 0.1) is 12.9 Å². The first-order valence-electron chi connectivity index (χ1n) is 5.27. The third-order valence-electron chi connectivity index (χ3n) is 2.06. The summed E-state index contributed by atoms with van der Waals surface area (Å²) in [5.41, 5.74) is 2.42. The number of allylic oxidation sites excluding steroid dienone is 3. The zero-order valence-electron chi connectivity index (χ0n) is 9.38. The van der Waals surface area contributed by atoms with Gasteiger partial charge in [-0.15, -0.1) is 0 Å². The summed E-state index contributed by atoms with van der Waals surface area (Å²) in [5, 5.41) is 0. The Bertz CT molecular complexity index is 218. The lowest BCUT2D eigenvalue weighted by molar-refractivity contribution is -0.129. The van der Waals surface area contributed by atoms with Crippen LogP contribution in [0.2, 0.25) is 0 Å². The van der Waals surface area contributed by atoms with Gasteiger partial charge in [0.15, 0.2) is 6.29 Å². The molecule has 0 aromatic carbocycles. The highest BCUT2D eigenvalue weighted by Crippen LogP contribution is 2.14. The average Bonchev–Trinajstić information content (AvgIpc) is 2.15. The Morgan fingerprint density at radius 3 is 2.64 bits per heavy atom. The van der Waals surface area contributed by atoms with Gasteiger partial charge in [-0.25, -0.2) is 0 Å². The highest BCUT2D eigenvalue weighted by Gasteiger charge is 2.12.